The summed E-state index contributed by atoms with van der Waals surface area (Å²) in [4.78, 5) is 1.90. The minimum Gasteiger partial charge on any atom is -0.387 e. The summed E-state index contributed by atoms with van der Waals surface area (Å²) in [5.74, 6) is -1.18. The van der Waals surface area contributed by atoms with Gasteiger partial charge in [0, 0.05) is 6.54 Å². The highest BCUT2D eigenvalue weighted by atomic mass is 19.4. The maximum absolute atomic E-state index is 12.5. The summed E-state index contributed by atoms with van der Waals surface area (Å²) >= 11 is 0. The molecule has 0 spiro atoms. The van der Waals surface area contributed by atoms with Crippen molar-refractivity contribution in [3.63, 3.8) is 0 Å². The van der Waals surface area contributed by atoms with Crippen molar-refractivity contribution in [3.8, 4) is 0 Å². The number of piperidine rings is 1. The van der Waals surface area contributed by atoms with Crippen molar-refractivity contribution in [2.24, 2.45) is 5.92 Å². The minimum atomic E-state index is -4.08. The Morgan fingerprint density at radius 1 is 1.16 bits per heavy atom. The van der Waals surface area contributed by atoms with Crippen LogP contribution in [-0.2, 0) is 0 Å². The first-order chi connectivity index (χ1) is 8.97. The summed E-state index contributed by atoms with van der Waals surface area (Å²) in [5, 5.41) is 10.0. The van der Waals surface area contributed by atoms with Gasteiger partial charge in [-0.25, -0.2) is 0 Å². The highest BCUT2D eigenvalue weighted by Gasteiger charge is 2.41. The maximum atomic E-state index is 12.5. The molecule has 1 heterocycles. The van der Waals surface area contributed by atoms with Gasteiger partial charge in [0.15, 0.2) is 0 Å². The van der Waals surface area contributed by atoms with E-state index < -0.39 is 18.2 Å². The van der Waals surface area contributed by atoms with Gasteiger partial charge < -0.3 is 10.0 Å². The van der Waals surface area contributed by atoms with Crippen molar-refractivity contribution in [2.45, 2.75) is 25.1 Å². The first kappa shape index (κ1) is 14.3. The Morgan fingerprint density at radius 3 is 2.26 bits per heavy atom. The first-order valence-corrected chi connectivity index (χ1v) is 6.49. The molecule has 1 atom stereocenters. The zero-order valence-electron chi connectivity index (χ0n) is 10.6. The highest BCUT2D eigenvalue weighted by molar-refractivity contribution is 5.17. The van der Waals surface area contributed by atoms with E-state index in [1.165, 1.54) is 0 Å². The van der Waals surface area contributed by atoms with Crippen LogP contribution in [0, 0.1) is 5.92 Å². The van der Waals surface area contributed by atoms with Crippen molar-refractivity contribution >= 4 is 0 Å². The van der Waals surface area contributed by atoms with Crippen LogP contribution in [0.2, 0.25) is 0 Å². The van der Waals surface area contributed by atoms with Crippen LogP contribution >= 0.6 is 0 Å². The molecule has 106 valence electrons. The number of nitrogens with zero attached hydrogens (tertiary/aromatic N) is 1. The van der Waals surface area contributed by atoms with Gasteiger partial charge in [0.1, 0.15) is 0 Å². The van der Waals surface area contributed by atoms with E-state index in [1.807, 2.05) is 35.2 Å². The Balaban J connectivity index is 1.83. The van der Waals surface area contributed by atoms with E-state index in [9.17, 15) is 18.3 Å². The van der Waals surface area contributed by atoms with Gasteiger partial charge in [0.2, 0.25) is 0 Å². The molecule has 1 unspecified atom stereocenters. The van der Waals surface area contributed by atoms with Gasteiger partial charge in [0.05, 0.1) is 12.0 Å². The van der Waals surface area contributed by atoms with Gasteiger partial charge in [-0.1, -0.05) is 30.3 Å². The van der Waals surface area contributed by atoms with Gasteiger partial charge >= 0.3 is 6.18 Å². The summed E-state index contributed by atoms with van der Waals surface area (Å²) in [6.07, 6.45) is -4.45. The molecule has 1 N–H and O–H groups in total. The van der Waals surface area contributed by atoms with E-state index in [-0.39, 0.29) is 12.8 Å². The van der Waals surface area contributed by atoms with Crippen LogP contribution in [-0.4, -0.2) is 35.8 Å². The second-order valence-corrected chi connectivity index (χ2v) is 5.04. The fourth-order valence-electron chi connectivity index (χ4n) is 2.47. The van der Waals surface area contributed by atoms with Gasteiger partial charge in [-0.15, -0.1) is 0 Å². The first-order valence-electron chi connectivity index (χ1n) is 6.49. The third-order valence-electron chi connectivity index (χ3n) is 3.67. The summed E-state index contributed by atoms with van der Waals surface area (Å²) < 4.78 is 37.6. The second-order valence-electron chi connectivity index (χ2n) is 5.04. The standard InChI is InChI=1S/C14H18F3NO/c15-14(16,17)12-6-8-18(9-7-12)10-13(19)11-4-2-1-3-5-11/h1-5,12-13,19H,6-10H2. The van der Waals surface area contributed by atoms with Crippen LogP contribution in [0.4, 0.5) is 13.2 Å². The Bertz CT molecular complexity index is 385. The van der Waals surface area contributed by atoms with Crippen molar-refractivity contribution in [3.05, 3.63) is 35.9 Å². The lowest BCUT2D eigenvalue weighted by atomic mass is 9.96. The molecule has 0 aromatic heterocycles. The van der Waals surface area contributed by atoms with E-state index in [2.05, 4.69) is 0 Å². The highest BCUT2D eigenvalue weighted by Crippen LogP contribution is 2.34. The van der Waals surface area contributed by atoms with Crippen LogP contribution in [0.3, 0.4) is 0 Å². The second kappa shape index (κ2) is 5.92. The molecule has 1 aromatic rings. The fraction of sp³-hybridized carbons (Fsp3) is 0.571. The van der Waals surface area contributed by atoms with Gasteiger partial charge in [-0.2, -0.15) is 13.2 Å². The van der Waals surface area contributed by atoms with E-state index in [1.54, 1.807) is 0 Å². The molecule has 5 heteroatoms. The Kier molecular flexibility index (Phi) is 4.47. The molecule has 1 aliphatic heterocycles. The van der Waals surface area contributed by atoms with Crippen LogP contribution in [0.1, 0.15) is 24.5 Å². The van der Waals surface area contributed by atoms with Crippen LogP contribution < -0.4 is 0 Å². The molecule has 1 fully saturated rings. The summed E-state index contributed by atoms with van der Waals surface area (Å²) in [6, 6.07) is 9.20. The lowest BCUT2D eigenvalue weighted by Crippen LogP contribution is -2.40. The van der Waals surface area contributed by atoms with Crippen LogP contribution in [0.5, 0.6) is 0 Å². The van der Waals surface area contributed by atoms with Gasteiger partial charge in [0.25, 0.3) is 0 Å². The third-order valence-corrected chi connectivity index (χ3v) is 3.67. The number of aliphatic hydroxyl groups is 1. The SMILES string of the molecule is OC(CN1CCC(C(F)(F)F)CC1)c1ccccc1. The van der Waals surface area contributed by atoms with Crippen LogP contribution in [0.15, 0.2) is 30.3 Å². The zero-order valence-corrected chi connectivity index (χ0v) is 10.6. The number of hydrogen-bond donors (Lipinski definition) is 1. The Morgan fingerprint density at radius 2 is 1.74 bits per heavy atom. The van der Waals surface area contributed by atoms with Crippen molar-refractivity contribution in [1.82, 2.24) is 4.90 Å². The van der Waals surface area contributed by atoms with Gasteiger partial charge in [-0.3, -0.25) is 0 Å². The van der Waals surface area contributed by atoms with Crippen molar-refractivity contribution in [1.29, 1.82) is 0 Å². The van der Waals surface area contributed by atoms with Crippen molar-refractivity contribution < 1.29 is 18.3 Å². The maximum Gasteiger partial charge on any atom is 0.391 e. The molecular weight excluding hydrogens is 255 g/mol. The molecule has 0 amide bonds. The number of aliphatic hydroxyl groups excluding tert-OH is 1. The fourth-order valence-corrected chi connectivity index (χ4v) is 2.47. The van der Waals surface area contributed by atoms with Crippen molar-refractivity contribution in [2.75, 3.05) is 19.6 Å². The molecule has 0 saturated carbocycles. The summed E-state index contributed by atoms with van der Waals surface area (Å²) in [5.41, 5.74) is 0.806. The van der Waals surface area contributed by atoms with E-state index >= 15 is 0 Å². The number of hydrogen-bond acceptors (Lipinski definition) is 2. The number of likely N-dealkylation sites (tertiary alicyclic amines) is 1. The van der Waals surface area contributed by atoms with Gasteiger partial charge in [-0.05, 0) is 31.5 Å². The monoisotopic (exact) mass is 273 g/mol. The molecule has 2 nitrogen and oxygen atoms in total. The van der Waals surface area contributed by atoms with Crippen LogP contribution in [0.25, 0.3) is 0 Å². The van der Waals surface area contributed by atoms with E-state index in [4.69, 9.17) is 0 Å². The number of alkyl halides is 3. The smallest absolute Gasteiger partial charge is 0.387 e. The lowest BCUT2D eigenvalue weighted by molar-refractivity contribution is -0.185. The van der Waals surface area contributed by atoms with E-state index in [0.29, 0.717) is 19.6 Å². The zero-order chi connectivity index (χ0) is 13.9. The molecule has 1 aromatic carbocycles. The lowest BCUT2D eigenvalue weighted by Gasteiger charge is -2.33. The Hall–Kier alpha value is -1.07. The average molecular weight is 273 g/mol. The molecule has 2 rings (SSSR count). The quantitative estimate of drug-likeness (QED) is 0.915. The molecule has 1 saturated heterocycles. The predicted octanol–water partition coefficient (Wildman–Crippen LogP) is 2.99. The molecule has 19 heavy (non-hydrogen) atoms. The Labute approximate surface area is 110 Å². The van der Waals surface area contributed by atoms with E-state index in [0.717, 1.165) is 5.56 Å². The summed E-state index contributed by atoms with van der Waals surface area (Å²) in [7, 11) is 0. The minimum absolute atomic E-state index is 0.130. The molecule has 0 aliphatic carbocycles. The molecule has 1 aliphatic rings. The largest absolute Gasteiger partial charge is 0.391 e. The topological polar surface area (TPSA) is 23.5 Å². The predicted molar refractivity (Wildman–Crippen MR) is 66.6 cm³/mol. The number of β-amino-alcohol motifs (C(OH)–C–C–N with tert-alkyl or cyclic N) is 1. The molecule has 0 bridgehead atoms. The molecule has 0 radical (unpaired) electrons. The third kappa shape index (κ3) is 3.94. The number of benzene rings is 1. The number of halogens is 3. The molecular formula is C14H18F3NO. The normalized spacial score (nSPS) is 20.4. The average Bonchev–Trinajstić information content (AvgIpc) is 2.39. The summed E-state index contributed by atoms with van der Waals surface area (Å²) in [6.45, 7) is 1.19. The number of rotatable bonds is 3.